The number of aromatic nitrogens is 2. The summed E-state index contributed by atoms with van der Waals surface area (Å²) in [4.78, 5) is 22.0. The number of carbonyl (C=O) groups excluding carboxylic acids is 1. The van der Waals surface area contributed by atoms with Crippen LogP contribution in [0.3, 0.4) is 0 Å². The second-order valence-electron chi connectivity index (χ2n) is 7.22. The Bertz CT molecular complexity index is 961. The Morgan fingerprint density at radius 1 is 0.931 bits per heavy atom. The van der Waals surface area contributed by atoms with Crippen molar-refractivity contribution in [2.45, 2.75) is 37.1 Å². The second kappa shape index (κ2) is 9.70. The second-order valence-corrected chi connectivity index (χ2v) is 8.19. The minimum absolute atomic E-state index is 0.0513. The van der Waals surface area contributed by atoms with Gasteiger partial charge in [-0.3, -0.25) is 4.79 Å². The molecule has 0 saturated carbocycles. The summed E-state index contributed by atoms with van der Waals surface area (Å²) < 4.78 is 0. The van der Waals surface area contributed by atoms with Crippen molar-refractivity contribution >= 4 is 17.7 Å². The van der Waals surface area contributed by atoms with Crippen LogP contribution < -0.4 is 5.32 Å². The molecule has 0 unspecified atom stereocenters. The lowest BCUT2D eigenvalue weighted by Crippen LogP contribution is -2.27. The smallest absolute Gasteiger partial charge is 0.230 e. The normalized spacial score (nSPS) is 13.0. The average molecular weight is 404 g/mol. The summed E-state index contributed by atoms with van der Waals surface area (Å²) in [6.07, 6.45) is 5.18. The van der Waals surface area contributed by atoms with Gasteiger partial charge in [0.2, 0.25) is 5.91 Å². The van der Waals surface area contributed by atoms with Crippen LogP contribution >= 0.6 is 11.8 Å². The van der Waals surface area contributed by atoms with Crippen molar-refractivity contribution in [1.29, 1.82) is 0 Å². The van der Waals surface area contributed by atoms with Crippen LogP contribution in [0.1, 0.15) is 29.7 Å². The highest BCUT2D eigenvalue weighted by atomic mass is 32.2. The SMILES string of the molecule is O=C(CSc1nc(-c2ccccc2)nc2c1CCCC2)NCCc1ccccc1. The Morgan fingerprint density at radius 2 is 1.66 bits per heavy atom. The molecule has 4 rings (SSSR count). The van der Waals surface area contributed by atoms with E-state index in [1.54, 1.807) is 0 Å². The first-order chi connectivity index (χ1) is 14.3. The molecule has 2 aromatic carbocycles. The molecule has 1 amide bonds. The molecule has 1 aromatic heterocycles. The Labute approximate surface area is 176 Å². The zero-order valence-corrected chi connectivity index (χ0v) is 17.3. The van der Waals surface area contributed by atoms with Crippen LogP contribution in [0.2, 0.25) is 0 Å². The van der Waals surface area contributed by atoms with Gasteiger partial charge in [0.1, 0.15) is 5.03 Å². The molecule has 5 heteroatoms. The minimum Gasteiger partial charge on any atom is -0.355 e. The number of fused-ring (bicyclic) bond motifs is 1. The van der Waals surface area contributed by atoms with Gasteiger partial charge in [0.25, 0.3) is 0 Å². The summed E-state index contributed by atoms with van der Waals surface area (Å²) in [6, 6.07) is 20.3. The Hall–Kier alpha value is -2.66. The zero-order chi connectivity index (χ0) is 19.9. The van der Waals surface area contributed by atoms with E-state index in [9.17, 15) is 4.79 Å². The lowest BCUT2D eigenvalue weighted by molar-refractivity contribution is -0.118. The Kier molecular flexibility index (Phi) is 6.57. The summed E-state index contributed by atoms with van der Waals surface area (Å²) in [5.74, 6) is 1.19. The monoisotopic (exact) mass is 403 g/mol. The molecule has 0 fully saturated rings. The third-order valence-electron chi connectivity index (χ3n) is 5.10. The molecule has 1 heterocycles. The lowest BCUT2D eigenvalue weighted by atomic mass is 9.97. The van der Waals surface area contributed by atoms with E-state index in [1.165, 1.54) is 29.3 Å². The maximum absolute atomic E-state index is 12.4. The van der Waals surface area contributed by atoms with Gasteiger partial charge in [-0.2, -0.15) is 0 Å². The third kappa shape index (κ3) is 5.24. The molecule has 0 saturated heterocycles. The lowest BCUT2D eigenvalue weighted by Gasteiger charge is -2.19. The van der Waals surface area contributed by atoms with Crippen LogP contribution in [0, 0.1) is 0 Å². The molecular formula is C24H25N3OS. The predicted octanol–water partition coefficient (Wildman–Crippen LogP) is 4.47. The van der Waals surface area contributed by atoms with Crippen LogP contribution in [0.4, 0.5) is 0 Å². The van der Waals surface area contributed by atoms with Gasteiger partial charge in [-0.05, 0) is 37.7 Å². The molecule has 3 aromatic rings. The highest BCUT2D eigenvalue weighted by molar-refractivity contribution is 7.99. The van der Waals surface area contributed by atoms with E-state index < -0.39 is 0 Å². The van der Waals surface area contributed by atoms with Gasteiger partial charge in [0.05, 0.1) is 5.75 Å². The maximum atomic E-state index is 12.4. The molecule has 1 N–H and O–H groups in total. The van der Waals surface area contributed by atoms with Crippen LogP contribution in [-0.2, 0) is 24.1 Å². The molecule has 148 valence electrons. The molecule has 0 radical (unpaired) electrons. The zero-order valence-electron chi connectivity index (χ0n) is 16.4. The van der Waals surface area contributed by atoms with Gasteiger partial charge in [-0.15, -0.1) is 0 Å². The van der Waals surface area contributed by atoms with E-state index in [0.29, 0.717) is 12.3 Å². The van der Waals surface area contributed by atoms with Gasteiger partial charge in [0, 0.05) is 23.4 Å². The van der Waals surface area contributed by atoms with E-state index in [4.69, 9.17) is 9.97 Å². The maximum Gasteiger partial charge on any atom is 0.230 e. The topological polar surface area (TPSA) is 54.9 Å². The summed E-state index contributed by atoms with van der Waals surface area (Å²) in [5.41, 5.74) is 4.64. The molecule has 0 spiro atoms. The number of aryl methyl sites for hydroxylation is 1. The Morgan fingerprint density at radius 3 is 2.45 bits per heavy atom. The van der Waals surface area contributed by atoms with Crippen molar-refractivity contribution in [3.63, 3.8) is 0 Å². The molecule has 1 aliphatic rings. The molecule has 29 heavy (non-hydrogen) atoms. The number of nitrogens with zero attached hydrogens (tertiary/aromatic N) is 2. The van der Waals surface area contributed by atoms with E-state index >= 15 is 0 Å². The molecule has 0 bridgehead atoms. The van der Waals surface area contributed by atoms with Crippen LogP contribution in [0.25, 0.3) is 11.4 Å². The van der Waals surface area contributed by atoms with Gasteiger partial charge < -0.3 is 5.32 Å². The first kappa shape index (κ1) is 19.6. The average Bonchev–Trinajstić information content (AvgIpc) is 2.78. The third-order valence-corrected chi connectivity index (χ3v) is 6.11. The van der Waals surface area contributed by atoms with Crippen molar-refractivity contribution in [3.8, 4) is 11.4 Å². The van der Waals surface area contributed by atoms with Crippen LogP contribution in [0.5, 0.6) is 0 Å². The van der Waals surface area contributed by atoms with Crippen molar-refractivity contribution in [3.05, 3.63) is 77.5 Å². The Balaban J connectivity index is 1.41. The highest BCUT2D eigenvalue weighted by Gasteiger charge is 2.19. The quantitative estimate of drug-likeness (QED) is 0.467. The van der Waals surface area contributed by atoms with E-state index in [0.717, 1.165) is 47.8 Å². The summed E-state index contributed by atoms with van der Waals surface area (Å²) in [6.45, 7) is 0.653. The number of carbonyl (C=O) groups is 1. The van der Waals surface area contributed by atoms with Gasteiger partial charge >= 0.3 is 0 Å². The van der Waals surface area contributed by atoms with E-state index in [2.05, 4.69) is 17.4 Å². The molecule has 1 aliphatic carbocycles. The standard InChI is InChI=1S/C24H25N3OS/c28-22(25-16-15-18-9-3-1-4-10-18)17-29-24-20-13-7-8-14-21(20)26-23(27-24)19-11-5-2-6-12-19/h1-6,9-12H,7-8,13-17H2,(H,25,28). The van der Waals surface area contributed by atoms with Crippen molar-refractivity contribution in [2.24, 2.45) is 0 Å². The number of hydrogen-bond acceptors (Lipinski definition) is 4. The van der Waals surface area contributed by atoms with E-state index in [-0.39, 0.29) is 5.91 Å². The number of rotatable bonds is 7. The van der Waals surface area contributed by atoms with Crippen molar-refractivity contribution in [2.75, 3.05) is 12.3 Å². The number of hydrogen-bond donors (Lipinski definition) is 1. The first-order valence-electron chi connectivity index (χ1n) is 10.2. The first-order valence-corrected chi connectivity index (χ1v) is 11.2. The number of nitrogens with one attached hydrogen (secondary N) is 1. The summed E-state index contributed by atoms with van der Waals surface area (Å²) in [5, 5.41) is 3.99. The molecule has 4 nitrogen and oxygen atoms in total. The number of benzene rings is 2. The molecule has 0 aliphatic heterocycles. The van der Waals surface area contributed by atoms with Crippen molar-refractivity contribution < 1.29 is 4.79 Å². The fourth-order valence-electron chi connectivity index (χ4n) is 3.57. The highest BCUT2D eigenvalue weighted by Crippen LogP contribution is 2.31. The molecule has 0 atom stereocenters. The number of thioether (sulfide) groups is 1. The predicted molar refractivity (Wildman–Crippen MR) is 118 cm³/mol. The summed E-state index contributed by atoms with van der Waals surface area (Å²) in [7, 11) is 0. The van der Waals surface area contributed by atoms with Gasteiger partial charge in [-0.1, -0.05) is 72.4 Å². The van der Waals surface area contributed by atoms with Crippen molar-refractivity contribution in [1.82, 2.24) is 15.3 Å². The number of amides is 1. The largest absolute Gasteiger partial charge is 0.355 e. The summed E-state index contributed by atoms with van der Waals surface area (Å²) >= 11 is 1.54. The van der Waals surface area contributed by atoms with Crippen LogP contribution in [-0.4, -0.2) is 28.2 Å². The van der Waals surface area contributed by atoms with Gasteiger partial charge in [-0.25, -0.2) is 9.97 Å². The fourth-order valence-corrected chi connectivity index (χ4v) is 4.49. The van der Waals surface area contributed by atoms with Crippen LogP contribution in [0.15, 0.2) is 65.7 Å². The van der Waals surface area contributed by atoms with Gasteiger partial charge in [0.15, 0.2) is 5.82 Å². The van der Waals surface area contributed by atoms with E-state index in [1.807, 2.05) is 48.5 Å². The molecular weight excluding hydrogens is 378 g/mol. The minimum atomic E-state index is 0.0513. The fraction of sp³-hybridized carbons (Fsp3) is 0.292.